The number of nitrogens with zero attached hydrogens (tertiary/aromatic N) is 2. The molecule has 9 heteroatoms. The van der Waals surface area contributed by atoms with Gasteiger partial charge in [-0.25, -0.2) is 0 Å². The van der Waals surface area contributed by atoms with Crippen LogP contribution in [0.1, 0.15) is 42.6 Å². The molecule has 1 aromatic carbocycles. The van der Waals surface area contributed by atoms with Gasteiger partial charge in [0.05, 0.1) is 25.9 Å². The van der Waals surface area contributed by atoms with Gasteiger partial charge in [0.25, 0.3) is 5.91 Å². The van der Waals surface area contributed by atoms with Gasteiger partial charge in [-0.15, -0.1) is 0 Å². The Hall–Kier alpha value is -3.07. The normalized spacial score (nSPS) is 17.8. The molecular weight excluding hydrogens is 414 g/mol. The fraction of sp³-hybridized carbons (Fsp3) is 0.522. The lowest BCUT2D eigenvalue weighted by Crippen LogP contribution is -2.40. The molecule has 1 saturated heterocycles. The molecule has 1 aliphatic carbocycles. The second-order valence-electron chi connectivity index (χ2n) is 8.12. The van der Waals surface area contributed by atoms with E-state index in [2.05, 4.69) is 10.5 Å². The first-order valence-electron chi connectivity index (χ1n) is 11.0. The molecule has 1 aliphatic heterocycles. The molecule has 0 spiro atoms. The van der Waals surface area contributed by atoms with Crippen molar-refractivity contribution in [3.63, 3.8) is 0 Å². The summed E-state index contributed by atoms with van der Waals surface area (Å²) in [6.07, 6.45) is 4.13. The van der Waals surface area contributed by atoms with E-state index in [4.69, 9.17) is 18.7 Å². The molecule has 1 atom stereocenters. The number of hydrogen-bond donors (Lipinski definition) is 1. The zero-order valence-corrected chi connectivity index (χ0v) is 18.5. The Labute approximate surface area is 187 Å². The van der Waals surface area contributed by atoms with Crippen molar-refractivity contribution in [3.8, 4) is 22.8 Å². The molecule has 2 heterocycles. The highest BCUT2D eigenvalue weighted by Gasteiger charge is 2.28. The van der Waals surface area contributed by atoms with Crippen molar-refractivity contribution in [3.05, 3.63) is 30.0 Å². The second kappa shape index (κ2) is 10.0. The highest BCUT2D eigenvalue weighted by atomic mass is 16.5. The number of carbonyl (C=O) groups excluding carboxylic acids is 2. The van der Waals surface area contributed by atoms with Crippen LogP contribution in [0.25, 0.3) is 11.3 Å². The Morgan fingerprint density at radius 1 is 1.19 bits per heavy atom. The van der Waals surface area contributed by atoms with E-state index in [1.807, 2.05) is 0 Å². The van der Waals surface area contributed by atoms with Crippen LogP contribution in [0.4, 0.5) is 0 Å². The zero-order chi connectivity index (χ0) is 22.5. The third kappa shape index (κ3) is 5.40. The maximum absolute atomic E-state index is 13.3. The number of carbonyl (C=O) groups is 2. The monoisotopic (exact) mass is 443 g/mol. The summed E-state index contributed by atoms with van der Waals surface area (Å²) < 4.78 is 21.9. The molecule has 32 heavy (non-hydrogen) atoms. The molecule has 1 N–H and O–H groups in total. The zero-order valence-electron chi connectivity index (χ0n) is 18.5. The van der Waals surface area contributed by atoms with Gasteiger partial charge in [0.2, 0.25) is 5.91 Å². The van der Waals surface area contributed by atoms with E-state index < -0.39 is 0 Å². The SMILES string of the molecule is COc1ccc(OC)c(-c2cc(C(=O)N(CCC(=O)NC3CC3)C[C@H]3CCCO3)no2)c1. The summed E-state index contributed by atoms with van der Waals surface area (Å²) in [5.41, 5.74) is 0.804. The van der Waals surface area contributed by atoms with E-state index in [1.165, 1.54) is 0 Å². The average Bonchev–Trinajstić information content (AvgIpc) is 3.27. The van der Waals surface area contributed by atoms with Gasteiger partial charge in [-0.2, -0.15) is 0 Å². The van der Waals surface area contributed by atoms with Gasteiger partial charge < -0.3 is 29.0 Å². The predicted octanol–water partition coefficient (Wildman–Crippen LogP) is 2.65. The van der Waals surface area contributed by atoms with E-state index in [1.54, 1.807) is 43.4 Å². The highest BCUT2D eigenvalue weighted by molar-refractivity contribution is 5.93. The minimum absolute atomic E-state index is 0.0321. The Bertz CT molecular complexity index is 949. The largest absolute Gasteiger partial charge is 0.497 e. The minimum Gasteiger partial charge on any atom is -0.497 e. The fourth-order valence-corrected chi connectivity index (χ4v) is 3.75. The third-order valence-corrected chi connectivity index (χ3v) is 5.69. The number of aromatic nitrogens is 1. The van der Waals surface area contributed by atoms with Crippen LogP contribution in [0.15, 0.2) is 28.8 Å². The standard InChI is InChI=1S/C23H29N3O6/c1-29-16-7-8-20(30-2)18(12-16)21-13-19(25-32-21)23(28)26(14-17-4-3-11-31-17)10-9-22(27)24-15-5-6-15/h7-8,12-13,15,17H,3-6,9-11,14H2,1-2H3,(H,24,27)/t17-/m1/s1. The molecule has 2 amide bonds. The van der Waals surface area contributed by atoms with Gasteiger partial charge >= 0.3 is 0 Å². The summed E-state index contributed by atoms with van der Waals surface area (Å²) >= 11 is 0. The summed E-state index contributed by atoms with van der Waals surface area (Å²) in [6.45, 7) is 1.40. The van der Waals surface area contributed by atoms with E-state index in [9.17, 15) is 9.59 Å². The summed E-state index contributed by atoms with van der Waals surface area (Å²) in [5.74, 6) is 1.27. The number of benzene rings is 1. The Kier molecular flexibility index (Phi) is 6.94. The van der Waals surface area contributed by atoms with E-state index in [-0.39, 0.29) is 30.0 Å². The summed E-state index contributed by atoms with van der Waals surface area (Å²) in [6, 6.07) is 7.19. The summed E-state index contributed by atoms with van der Waals surface area (Å²) in [7, 11) is 3.13. The van der Waals surface area contributed by atoms with Crippen molar-refractivity contribution in [2.45, 2.75) is 44.2 Å². The Balaban J connectivity index is 1.50. The fourth-order valence-electron chi connectivity index (χ4n) is 3.75. The van der Waals surface area contributed by atoms with E-state index >= 15 is 0 Å². The Morgan fingerprint density at radius 3 is 2.72 bits per heavy atom. The highest BCUT2D eigenvalue weighted by Crippen LogP contribution is 2.34. The van der Waals surface area contributed by atoms with E-state index in [0.717, 1.165) is 25.7 Å². The number of rotatable bonds is 10. The van der Waals surface area contributed by atoms with Crippen LogP contribution in [-0.2, 0) is 9.53 Å². The Morgan fingerprint density at radius 2 is 2.03 bits per heavy atom. The van der Waals surface area contributed by atoms with Crippen molar-refractivity contribution in [1.29, 1.82) is 0 Å². The van der Waals surface area contributed by atoms with Crippen LogP contribution in [0.5, 0.6) is 11.5 Å². The van der Waals surface area contributed by atoms with Crippen molar-refractivity contribution >= 4 is 11.8 Å². The molecule has 2 fully saturated rings. The van der Waals surface area contributed by atoms with Crippen molar-refractivity contribution in [2.75, 3.05) is 33.9 Å². The molecule has 2 aromatic rings. The lowest BCUT2D eigenvalue weighted by Gasteiger charge is -2.24. The van der Waals surface area contributed by atoms with Gasteiger partial charge in [-0.1, -0.05) is 5.16 Å². The smallest absolute Gasteiger partial charge is 0.276 e. The topological polar surface area (TPSA) is 103 Å². The first kappa shape index (κ1) is 22.1. The minimum atomic E-state index is -0.295. The third-order valence-electron chi connectivity index (χ3n) is 5.69. The van der Waals surface area contributed by atoms with Crippen LogP contribution >= 0.6 is 0 Å². The molecule has 9 nitrogen and oxygen atoms in total. The van der Waals surface area contributed by atoms with Gasteiger partial charge in [0.1, 0.15) is 11.5 Å². The van der Waals surface area contributed by atoms with Crippen LogP contribution < -0.4 is 14.8 Å². The van der Waals surface area contributed by atoms with Crippen molar-refractivity contribution in [1.82, 2.24) is 15.4 Å². The lowest BCUT2D eigenvalue weighted by molar-refractivity contribution is -0.121. The van der Waals surface area contributed by atoms with Gasteiger partial charge in [-0.3, -0.25) is 9.59 Å². The van der Waals surface area contributed by atoms with Crippen LogP contribution in [0, 0.1) is 0 Å². The summed E-state index contributed by atoms with van der Waals surface area (Å²) in [5, 5.41) is 6.96. The molecular formula is C23H29N3O6. The second-order valence-corrected chi connectivity index (χ2v) is 8.12. The maximum atomic E-state index is 13.3. The summed E-state index contributed by atoms with van der Waals surface area (Å²) in [4.78, 5) is 27.1. The number of ether oxygens (including phenoxy) is 3. The van der Waals surface area contributed by atoms with Crippen molar-refractivity contribution in [2.24, 2.45) is 0 Å². The predicted molar refractivity (Wildman–Crippen MR) is 116 cm³/mol. The van der Waals surface area contributed by atoms with Crippen molar-refractivity contribution < 1.29 is 28.3 Å². The van der Waals surface area contributed by atoms with Gasteiger partial charge in [-0.05, 0) is 43.9 Å². The molecule has 2 aliphatic rings. The van der Waals surface area contributed by atoms with Crippen LogP contribution in [0.2, 0.25) is 0 Å². The number of hydrogen-bond acceptors (Lipinski definition) is 7. The molecule has 0 bridgehead atoms. The van der Waals surface area contributed by atoms with E-state index in [0.29, 0.717) is 48.6 Å². The molecule has 0 unspecified atom stereocenters. The molecule has 4 rings (SSSR count). The van der Waals surface area contributed by atoms with Gasteiger partial charge in [0, 0.05) is 38.2 Å². The first-order chi connectivity index (χ1) is 15.6. The maximum Gasteiger partial charge on any atom is 0.276 e. The van der Waals surface area contributed by atoms with Crippen LogP contribution in [0.3, 0.4) is 0 Å². The van der Waals surface area contributed by atoms with Crippen LogP contribution in [-0.4, -0.2) is 67.9 Å². The van der Waals surface area contributed by atoms with Gasteiger partial charge in [0.15, 0.2) is 11.5 Å². The number of nitrogens with one attached hydrogen (secondary N) is 1. The lowest BCUT2D eigenvalue weighted by atomic mass is 10.1. The number of amides is 2. The number of methoxy groups -OCH3 is 2. The molecule has 0 radical (unpaired) electrons. The first-order valence-corrected chi connectivity index (χ1v) is 11.0. The molecule has 1 aromatic heterocycles. The molecule has 172 valence electrons. The average molecular weight is 444 g/mol. The quantitative estimate of drug-likeness (QED) is 0.602. The molecule has 1 saturated carbocycles.